The number of nitrogens with zero attached hydrogens (tertiary/aromatic N) is 2. The smallest absolute Gasteiger partial charge is 0.193 e. The van der Waals surface area contributed by atoms with E-state index in [1.807, 2.05) is 110 Å². The highest BCUT2D eigenvalue weighted by Crippen LogP contribution is 2.34. The number of rotatable bonds is 4. The molecule has 4 aromatic carbocycles. The molecule has 0 aliphatic heterocycles. The molecule has 3 nitrogen and oxygen atoms in total. The Bertz CT molecular complexity index is 1410. The van der Waals surface area contributed by atoms with Gasteiger partial charge in [0.15, 0.2) is 5.78 Å². The molecule has 0 aliphatic rings. The van der Waals surface area contributed by atoms with E-state index in [0.29, 0.717) is 16.8 Å². The van der Waals surface area contributed by atoms with E-state index >= 15 is 0 Å². The van der Waals surface area contributed by atoms with Crippen LogP contribution in [0, 0.1) is 6.92 Å². The topological polar surface area (TPSA) is 42.9 Å². The number of carbonyl (C=O) groups is 1. The summed E-state index contributed by atoms with van der Waals surface area (Å²) in [5.41, 5.74) is 7.13. The molecule has 5 rings (SSSR count). The van der Waals surface area contributed by atoms with Crippen LogP contribution >= 0.6 is 0 Å². The van der Waals surface area contributed by atoms with Crippen LogP contribution in [0.1, 0.15) is 21.5 Å². The number of fused-ring (bicyclic) bond motifs is 1. The fourth-order valence-electron chi connectivity index (χ4n) is 3.85. The summed E-state index contributed by atoms with van der Waals surface area (Å²) >= 11 is 0. The molecule has 0 radical (unpaired) electrons. The second-order valence-electron chi connectivity index (χ2n) is 7.47. The monoisotopic (exact) mass is 400 g/mol. The van der Waals surface area contributed by atoms with Crippen LogP contribution in [0.4, 0.5) is 0 Å². The van der Waals surface area contributed by atoms with Crippen molar-refractivity contribution in [1.29, 1.82) is 0 Å². The molecule has 0 aliphatic carbocycles. The molecule has 0 saturated carbocycles. The third kappa shape index (κ3) is 3.51. The van der Waals surface area contributed by atoms with E-state index in [4.69, 9.17) is 9.97 Å². The van der Waals surface area contributed by atoms with E-state index in [1.165, 1.54) is 0 Å². The lowest BCUT2D eigenvalue weighted by Gasteiger charge is -2.14. The summed E-state index contributed by atoms with van der Waals surface area (Å²) in [6.45, 7) is 1.96. The molecule has 0 saturated heterocycles. The maximum atomic E-state index is 13.5. The molecular formula is C28H20N2O. The number of hydrogen-bond donors (Lipinski definition) is 0. The molecule has 1 aromatic heterocycles. The number of aromatic nitrogens is 2. The molecule has 1 heterocycles. The number of para-hydroxylation sites is 2. The highest BCUT2D eigenvalue weighted by Gasteiger charge is 2.20. The van der Waals surface area contributed by atoms with Crippen LogP contribution in [0.2, 0.25) is 0 Å². The van der Waals surface area contributed by atoms with Gasteiger partial charge in [-0.3, -0.25) is 4.79 Å². The van der Waals surface area contributed by atoms with Crippen LogP contribution in [0.25, 0.3) is 33.5 Å². The van der Waals surface area contributed by atoms with Gasteiger partial charge in [0.05, 0.1) is 22.4 Å². The summed E-state index contributed by atoms with van der Waals surface area (Å²) in [4.78, 5) is 23.4. The van der Waals surface area contributed by atoms with E-state index in [0.717, 1.165) is 33.4 Å². The maximum Gasteiger partial charge on any atom is 0.193 e. The van der Waals surface area contributed by atoms with Crippen molar-refractivity contribution in [2.24, 2.45) is 0 Å². The van der Waals surface area contributed by atoms with Gasteiger partial charge >= 0.3 is 0 Å². The van der Waals surface area contributed by atoms with Crippen molar-refractivity contribution in [2.75, 3.05) is 0 Å². The zero-order valence-corrected chi connectivity index (χ0v) is 17.1. The van der Waals surface area contributed by atoms with Gasteiger partial charge in [0, 0.05) is 22.3 Å². The Morgan fingerprint density at radius 3 is 1.84 bits per heavy atom. The average Bonchev–Trinajstić information content (AvgIpc) is 2.83. The zero-order chi connectivity index (χ0) is 21.2. The SMILES string of the molecule is Cc1ccccc1C(=O)c1ccccc1-c1nc2ccccc2nc1-c1ccccc1. The Morgan fingerprint density at radius 1 is 0.581 bits per heavy atom. The van der Waals surface area contributed by atoms with Gasteiger partial charge < -0.3 is 0 Å². The van der Waals surface area contributed by atoms with Gasteiger partial charge in [0.25, 0.3) is 0 Å². The van der Waals surface area contributed by atoms with E-state index in [-0.39, 0.29) is 5.78 Å². The van der Waals surface area contributed by atoms with Crippen LogP contribution in [0.5, 0.6) is 0 Å². The van der Waals surface area contributed by atoms with Crippen molar-refractivity contribution in [3.63, 3.8) is 0 Å². The quantitative estimate of drug-likeness (QED) is 0.323. The number of carbonyl (C=O) groups excluding carboxylic acids is 1. The van der Waals surface area contributed by atoms with Crippen LogP contribution in [-0.4, -0.2) is 15.8 Å². The molecule has 31 heavy (non-hydrogen) atoms. The van der Waals surface area contributed by atoms with E-state index < -0.39 is 0 Å². The maximum absolute atomic E-state index is 13.5. The minimum atomic E-state index is -0.0114. The Balaban J connectivity index is 1.77. The fraction of sp³-hybridized carbons (Fsp3) is 0.0357. The predicted molar refractivity (Wildman–Crippen MR) is 125 cm³/mol. The minimum Gasteiger partial charge on any atom is -0.289 e. The lowest BCUT2D eigenvalue weighted by molar-refractivity contribution is 0.103. The third-order valence-corrected chi connectivity index (χ3v) is 5.43. The number of aryl methyl sites for hydroxylation is 1. The third-order valence-electron chi connectivity index (χ3n) is 5.43. The van der Waals surface area contributed by atoms with Crippen LogP contribution in [-0.2, 0) is 0 Å². The number of benzene rings is 4. The van der Waals surface area contributed by atoms with Crippen LogP contribution in [0.15, 0.2) is 103 Å². The fourth-order valence-corrected chi connectivity index (χ4v) is 3.85. The molecule has 0 atom stereocenters. The lowest BCUT2D eigenvalue weighted by atomic mass is 9.92. The summed E-state index contributed by atoms with van der Waals surface area (Å²) in [5, 5.41) is 0. The van der Waals surface area contributed by atoms with Gasteiger partial charge in [-0.25, -0.2) is 9.97 Å². The Kier molecular flexibility index (Phi) is 4.85. The molecule has 0 unspecified atom stereocenters. The second kappa shape index (κ2) is 7.96. The first kappa shape index (κ1) is 18.9. The Labute approximate surface area is 181 Å². The molecule has 3 heteroatoms. The van der Waals surface area contributed by atoms with Crippen molar-refractivity contribution >= 4 is 16.8 Å². The lowest BCUT2D eigenvalue weighted by Crippen LogP contribution is -2.07. The molecule has 0 spiro atoms. The van der Waals surface area contributed by atoms with E-state index in [2.05, 4.69) is 0 Å². The van der Waals surface area contributed by atoms with Crippen molar-refractivity contribution in [2.45, 2.75) is 6.92 Å². The molecule has 0 amide bonds. The van der Waals surface area contributed by atoms with Gasteiger partial charge in [-0.15, -0.1) is 0 Å². The highest BCUT2D eigenvalue weighted by molar-refractivity contribution is 6.14. The standard InChI is InChI=1S/C28H20N2O/c1-19-11-5-6-14-21(19)28(31)23-16-8-7-15-22(23)27-26(20-12-3-2-4-13-20)29-24-17-9-10-18-25(24)30-27/h2-18H,1H3. The predicted octanol–water partition coefficient (Wildman–Crippen LogP) is 6.50. The Hall–Kier alpha value is -4.11. The normalized spacial score (nSPS) is 10.9. The number of hydrogen-bond acceptors (Lipinski definition) is 3. The van der Waals surface area contributed by atoms with Gasteiger partial charge in [-0.1, -0.05) is 91.0 Å². The molecule has 0 N–H and O–H groups in total. The van der Waals surface area contributed by atoms with Gasteiger partial charge in [-0.05, 0) is 24.6 Å². The summed E-state index contributed by atoms with van der Waals surface area (Å²) in [5.74, 6) is -0.0114. The average molecular weight is 400 g/mol. The first-order chi connectivity index (χ1) is 15.2. The molecule has 0 fully saturated rings. The summed E-state index contributed by atoms with van der Waals surface area (Å²) in [6.07, 6.45) is 0. The van der Waals surface area contributed by atoms with Crippen molar-refractivity contribution in [3.05, 3.63) is 120 Å². The molecule has 5 aromatic rings. The largest absolute Gasteiger partial charge is 0.289 e. The summed E-state index contributed by atoms with van der Waals surface area (Å²) < 4.78 is 0. The molecule has 0 bridgehead atoms. The minimum absolute atomic E-state index is 0.0114. The highest BCUT2D eigenvalue weighted by atomic mass is 16.1. The first-order valence-corrected chi connectivity index (χ1v) is 10.2. The van der Waals surface area contributed by atoms with Crippen molar-refractivity contribution in [3.8, 4) is 22.5 Å². The molecular weight excluding hydrogens is 380 g/mol. The Morgan fingerprint density at radius 2 is 1.13 bits per heavy atom. The van der Waals surface area contributed by atoms with Crippen molar-refractivity contribution < 1.29 is 4.79 Å². The van der Waals surface area contributed by atoms with Gasteiger partial charge in [0.2, 0.25) is 0 Å². The van der Waals surface area contributed by atoms with E-state index in [9.17, 15) is 4.79 Å². The summed E-state index contributed by atoms with van der Waals surface area (Å²) in [7, 11) is 0. The zero-order valence-electron chi connectivity index (χ0n) is 17.1. The van der Waals surface area contributed by atoms with Gasteiger partial charge in [-0.2, -0.15) is 0 Å². The van der Waals surface area contributed by atoms with Crippen LogP contribution in [0.3, 0.4) is 0 Å². The van der Waals surface area contributed by atoms with Gasteiger partial charge in [0.1, 0.15) is 0 Å². The van der Waals surface area contributed by atoms with E-state index in [1.54, 1.807) is 0 Å². The van der Waals surface area contributed by atoms with Crippen LogP contribution < -0.4 is 0 Å². The first-order valence-electron chi connectivity index (χ1n) is 10.2. The molecule has 148 valence electrons. The second-order valence-corrected chi connectivity index (χ2v) is 7.47. The van der Waals surface area contributed by atoms with Crippen molar-refractivity contribution in [1.82, 2.24) is 9.97 Å². The number of ketones is 1. The summed E-state index contributed by atoms with van der Waals surface area (Å²) in [6, 6.07) is 33.2.